The van der Waals surface area contributed by atoms with Gasteiger partial charge >= 0.3 is 0 Å². The maximum absolute atomic E-state index is 12.2. The second kappa shape index (κ2) is 2.84. The maximum Gasteiger partial charge on any atom is 0.194 e. The van der Waals surface area contributed by atoms with Crippen molar-refractivity contribution in [3.63, 3.8) is 0 Å². The second-order valence-electron chi connectivity index (χ2n) is 1.80. The first-order chi connectivity index (χ1) is 4.74. The summed E-state index contributed by atoms with van der Waals surface area (Å²) in [7, 11) is 0. The van der Waals surface area contributed by atoms with Crippen LogP contribution in [0.25, 0.3) is 0 Å². The molecule has 4 heteroatoms. The SMILES string of the molecule is O=c1cc(F)[nH]cc1CCl. The highest BCUT2D eigenvalue weighted by molar-refractivity contribution is 6.17. The summed E-state index contributed by atoms with van der Waals surface area (Å²) in [5.74, 6) is -0.533. The van der Waals surface area contributed by atoms with Gasteiger partial charge in [0.15, 0.2) is 11.4 Å². The molecule has 0 bridgehead atoms. The van der Waals surface area contributed by atoms with Crippen molar-refractivity contribution in [2.24, 2.45) is 0 Å². The zero-order chi connectivity index (χ0) is 7.56. The highest BCUT2D eigenvalue weighted by atomic mass is 35.5. The third-order valence-electron chi connectivity index (χ3n) is 1.10. The summed E-state index contributed by atoms with van der Waals surface area (Å²) in [4.78, 5) is 13.0. The fourth-order valence-electron chi connectivity index (χ4n) is 0.581. The molecule has 0 unspecified atom stereocenters. The number of hydrogen-bond donors (Lipinski definition) is 1. The molecule has 0 atom stereocenters. The van der Waals surface area contributed by atoms with Gasteiger partial charge in [0.25, 0.3) is 0 Å². The lowest BCUT2D eigenvalue weighted by Crippen LogP contribution is -2.07. The van der Waals surface area contributed by atoms with Gasteiger partial charge in [-0.2, -0.15) is 4.39 Å². The summed E-state index contributed by atoms with van der Waals surface area (Å²) >= 11 is 5.34. The number of aromatic amines is 1. The number of H-pyrrole nitrogens is 1. The molecule has 0 aliphatic carbocycles. The summed E-state index contributed by atoms with van der Waals surface area (Å²) < 4.78 is 12.2. The second-order valence-corrected chi connectivity index (χ2v) is 2.07. The lowest BCUT2D eigenvalue weighted by Gasteiger charge is -1.91. The highest BCUT2D eigenvalue weighted by Gasteiger charge is 1.97. The summed E-state index contributed by atoms with van der Waals surface area (Å²) in [5, 5.41) is 0. The first-order valence-electron chi connectivity index (χ1n) is 2.67. The van der Waals surface area contributed by atoms with Crippen molar-refractivity contribution in [1.29, 1.82) is 0 Å². The van der Waals surface area contributed by atoms with Crippen LogP contribution in [0.3, 0.4) is 0 Å². The topological polar surface area (TPSA) is 32.9 Å². The zero-order valence-electron chi connectivity index (χ0n) is 5.03. The van der Waals surface area contributed by atoms with Gasteiger partial charge in [0.1, 0.15) is 0 Å². The van der Waals surface area contributed by atoms with E-state index < -0.39 is 5.95 Å². The zero-order valence-corrected chi connectivity index (χ0v) is 5.78. The lowest BCUT2D eigenvalue weighted by atomic mass is 10.3. The van der Waals surface area contributed by atoms with Crippen molar-refractivity contribution < 1.29 is 4.39 Å². The summed E-state index contributed by atoms with van der Waals surface area (Å²) in [6.45, 7) is 0. The van der Waals surface area contributed by atoms with Gasteiger partial charge in [-0.15, -0.1) is 11.6 Å². The van der Waals surface area contributed by atoms with Crippen LogP contribution < -0.4 is 5.43 Å². The molecule has 2 nitrogen and oxygen atoms in total. The Hall–Kier alpha value is -0.830. The molecule has 0 aromatic carbocycles. The van der Waals surface area contributed by atoms with Crippen LogP contribution in [0.1, 0.15) is 5.56 Å². The molecule has 1 aromatic rings. The van der Waals surface area contributed by atoms with E-state index in [2.05, 4.69) is 4.98 Å². The van der Waals surface area contributed by atoms with Gasteiger partial charge in [0.2, 0.25) is 0 Å². The molecular weight excluding hydrogens is 157 g/mol. The number of alkyl halides is 1. The van der Waals surface area contributed by atoms with Gasteiger partial charge in [0, 0.05) is 17.8 Å². The van der Waals surface area contributed by atoms with Gasteiger partial charge in [-0.25, -0.2) is 0 Å². The minimum absolute atomic E-state index is 0.107. The quantitative estimate of drug-likeness (QED) is 0.488. The molecule has 1 heterocycles. The molecule has 54 valence electrons. The minimum Gasteiger partial charge on any atom is -0.338 e. The van der Waals surface area contributed by atoms with Gasteiger partial charge in [-0.05, 0) is 0 Å². The molecule has 0 aliphatic heterocycles. The average molecular weight is 162 g/mol. The molecular formula is C6H5ClFNO. The van der Waals surface area contributed by atoms with Crippen LogP contribution in [0.15, 0.2) is 17.1 Å². The van der Waals surface area contributed by atoms with Gasteiger partial charge in [-0.3, -0.25) is 4.79 Å². The summed E-state index contributed by atoms with van der Waals surface area (Å²) in [6.07, 6.45) is 1.27. The van der Waals surface area contributed by atoms with E-state index in [-0.39, 0.29) is 11.3 Å². The van der Waals surface area contributed by atoms with Crippen LogP contribution in [0.4, 0.5) is 4.39 Å². The summed E-state index contributed by atoms with van der Waals surface area (Å²) in [5.41, 5.74) is 0.00863. The molecule has 0 aliphatic rings. The maximum atomic E-state index is 12.2. The molecule has 0 saturated heterocycles. The number of hydrogen-bond acceptors (Lipinski definition) is 1. The van der Waals surface area contributed by atoms with Crippen molar-refractivity contribution in [1.82, 2.24) is 4.98 Å². The Balaban J connectivity index is 3.20. The normalized spacial score (nSPS) is 9.80. The van der Waals surface area contributed by atoms with Crippen molar-refractivity contribution in [3.05, 3.63) is 34.0 Å². The van der Waals surface area contributed by atoms with Gasteiger partial charge in [-0.1, -0.05) is 0 Å². The molecule has 1 N–H and O–H groups in total. The lowest BCUT2D eigenvalue weighted by molar-refractivity contribution is 0.581. The fourth-order valence-corrected chi connectivity index (χ4v) is 0.790. The highest BCUT2D eigenvalue weighted by Crippen LogP contribution is 1.94. The minimum atomic E-state index is -0.640. The number of halogens is 2. The van der Waals surface area contributed by atoms with E-state index in [1.807, 2.05) is 0 Å². The van der Waals surface area contributed by atoms with E-state index in [1.54, 1.807) is 0 Å². The van der Waals surface area contributed by atoms with Crippen molar-refractivity contribution in [2.45, 2.75) is 5.88 Å². The number of pyridine rings is 1. The first-order valence-corrected chi connectivity index (χ1v) is 3.20. The molecule has 0 amide bonds. The first kappa shape index (κ1) is 7.28. The number of rotatable bonds is 1. The Morgan fingerprint density at radius 3 is 2.90 bits per heavy atom. The van der Waals surface area contributed by atoms with Gasteiger partial charge < -0.3 is 4.98 Å². The van der Waals surface area contributed by atoms with Crippen LogP contribution in [-0.2, 0) is 5.88 Å². The monoisotopic (exact) mass is 161 g/mol. The average Bonchev–Trinajstić information content (AvgIpc) is 1.88. The van der Waals surface area contributed by atoms with E-state index >= 15 is 0 Å². The van der Waals surface area contributed by atoms with E-state index in [0.717, 1.165) is 6.07 Å². The van der Waals surface area contributed by atoms with Crippen LogP contribution in [0.2, 0.25) is 0 Å². The smallest absolute Gasteiger partial charge is 0.194 e. The largest absolute Gasteiger partial charge is 0.338 e. The van der Waals surface area contributed by atoms with Crippen molar-refractivity contribution in [2.75, 3.05) is 0 Å². The van der Waals surface area contributed by atoms with Gasteiger partial charge in [0.05, 0.1) is 5.88 Å². The van der Waals surface area contributed by atoms with E-state index in [0.29, 0.717) is 5.56 Å². The van der Waals surface area contributed by atoms with Crippen LogP contribution in [0, 0.1) is 5.95 Å². The molecule has 0 saturated carbocycles. The number of aromatic nitrogens is 1. The van der Waals surface area contributed by atoms with E-state index in [4.69, 9.17) is 11.6 Å². The molecule has 1 aromatic heterocycles. The molecule has 0 radical (unpaired) electrons. The number of nitrogens with one attached hydrogen (secondary N) is 1. The Bertz CT molecular complexity index is 283. The fraction of sp³-hybridized carbons (Fsp3) is 0.167. The summed E-state index contributed by atoms with van der Waals surface area (Å²) in [6, 6.07) is 0.873. The predicted molar refractivity (Wildman–Crippen MR) is 36.6 cm³/mol. The Kier molecular flexibility index (Phi) is 2.06. The predicted octanol–water partition coefficient (Wildman–Crippen LogP) is 1.25. The molecule has 0 fully saturated rings. The third kappa shape index (κ3) is 1.36. The molecule has 0 spiro atoms. The van der Waals surface area contributed by atoms with Crippen LogP contribution in [-0.4, -0.2) is 4.98 Å². The van der Waals surface area contributed by atoms with Crippen LogP contribution in [0.5, 0.6) is 0 Å². The Morgan fingerprint density at radius 2 is 2.40 bits per heavy atom. The van der Waals surface area contributed by atoms with Crippen molar-refractivity contribution in [3.8, 4) is 0 Å². The van der Waals surface area contributed by atoms with E-state index in [1.165, 1.54) is 6.20 Å². The van der Waals surface area contributed by atoms with E-state index in [9.17, 15) is 9.18 Å². The van der Waals surface area contributed by atoms with Crippen LogP contribution >= 0.6 is 11.6 Å². The Labute approximate surface area is 61.6 Å². The third-order valence-corrected chi connectivity index (χ3v) is 1.39. The molecule has 10 heavy (non-hydrogen) atoms. The molecule has 1 rings (SSSR count). The Morgan fingerprint density at radius 1 is 1.70 bits per heavy atom. The standard InChI is InChI=1S/C6H5ClFNO/c7-2-4-3-9-6(8)1-5(4)10/h1,3H,2H2,(H,9,10). The van der Waals surface area contributed by atoms with Crippen molar-refractivity contribution >= 4 is 11.6 Å².